The summed E-state index contributed by atoms with van der Waals surface area (Å²) in [5.74, 6) is -0.000604. The average molecular weight is 185 g/mol. The zero-order valence-electron chi connectivity index (χ0n) is 8.89. The highest BCUT2D eigenvalue weighted by Crippen LogP contribution is 2.32. The van der Waals surface area contributed by atoms with Crippen LogP contribution >= 0.6 is 0 Å². The van der Waals surface area contributed by atoms with Crippen molar-refractivity contribution in [2.75, 3.05) is 0 Å². The number of Topliss-reactive ketones (excluding diaryl/α,β-unsaturated/α-hetero) is 1. The van der Waals surface area contributed by atoms with Crippen molar-refractivity contribution in [3.63, 3.8) is 0 Å². The second kappa shape index (κ2) is 4.40. The fourth-order valence-electron chi connectivity index (χ4n) is 1.39. The van der Waals surface area contributed by atoms with E-state index < -0.39 is 0 Å². The minimum Gasteiger partial charge on any atom is -0.370 e. The molecule has 1 amide bonds. The van der Waals surface area contributed by atoms with Gasteiger partial charge in [-0.2, -0.15) is 0 Å². The Balaban J connectivity index is 4.25. The molecule has 1 unspecified atom stereocenters. The number of carbonyl (C=O) groups is 2. The molecule has 0 aromatic heterocycles. The molecule has 76 valence electrons. The highest BCUT2D eigenvalue weighted by molar-refractivity contribution is 5.77. The fourth-order valence-corrected chi connectivity index (χ4v) is 1.39. The Morgan fingerprint density at radius 2 is 1.85 bits per heavy atom. The Hall–Kier alpha value is -0.860. The predicted octanol–water partition coefficient (Wildman–Crippen LogP) is 1.50. The third kappa shape index (κ3) is 4.65. The minimum atomic E-state index is -0.302. The third-order valence-corrected chi connectivity index (χ3v) is 2.55. The predicted molar refractivity (Wildman–Crippen MR) is 52.1 cm³/mol. The molecular formula is C10H19NO2. The number of hydrogen-bond acceptors (Lipinski definition) is 2. The SMILES string of the molecule is CC(=O)CC(C)(C)C(C)CC(N)=O. The normalized spacial score (nSPS) is 13.8. The molecule has 0 aromatic rings. The summed E-state index contributed by atoms with van der Waals surface area (Å²) in [6.07, 6.45) is 0.849. The second-order valence-electron chi connectivity index (χ2n) is 4.44. The number of primary amides is 1. The van der Waals surface area contributed by atoms with E-state index in [9.17, 15) is 9.59 Å². The molecule has 0 bridgehead atoms. The minimum absolute atomic E-state index is 0.138. The highest BCUT2D eigenvalue weighted by Gasteiger charge is 2.28. The van der Waals surface area contributed by atoms with Crippen LogP contribution in [0, 0.1) is 11.3 Å². The molecule has 0 saturated carbocycles. The monoisotopic (exact) mass is 185 g/mol. The van der Waals surface area contributed by atoms with Gasteiger partial charge in [0, 0.05) is 12.8 Å². The molecular weight excluding hydrogens is 166 g/mol. The third-order valence-electron chi connectivity index (χ3n) is 2.55. The molecule has 0 heterocycles. The van der Waals surface area contributed by atoms with Gasteiger partial charge in [0.15, 0.2) is 0 Å². The molecule has 0 rings (SSSR count). The van der Waals surface area contributed by atoms with E-state index in [1.807, 2.05) is 20.8 Å². The van der Waals surface area contributed by atoms with Gasteiger partial charge in [-0.15, -0.1) is 0 Å². The van der Waals surface area contributed by atoms with Crippen LogP contribution in [0.15, 0.2) is 0 Å². The summed E-state index contributed by atoms with van der Waals surface area (Å²) in [7, 11) is 0. The van der Waals surface area contributed by atoms with Gasteiger partial charge in [0.1, 0.15) is 5.78 Å². The van der Waals surface area contributed by atoms with Crippen LogP contribution in [0.1, 0.15) is 40.5 Å². The van der Waals surface area contributed by atoms with Crippen molar-refractivity contribution in [1.82, 2.24) is 0 Å². The zero-order valence-corrected chi connectivity index (χ0v) is 8.89. The van der Waals surface area contributed by atoms with Gasteiger partial charge in [-0.1, -0.05) is 20.8 Å². The lowest BCUT2D eigenvalue weighted by Gasteiger charge is -2.30. The Labute approximate surface area is 79.7 Å². The van der Waals surface area contributed by atoms with Crippen molar-refractivity contribution in [1.29, 1.82) is 0 Å². The van der Waals surface area contributed by atoms with Crippen LogP contribution in [0.2, 0.25) is 0 Å². The molecule has 0 fully saturated rings. The van der Waals surface area contributed by atoms with Crippen molar-refractivity contribution in [2.45, 2.75) is 40.5 Å². The van der Waals surface area contributed by atoms with E-state index >= 15 is 0 Å². The van der Waals surface area contributed by atoms with E-state index in [1.165, 1.54) is 0 Å². The second-order valence-corrected chi connectivity index (χ2v) is 4.44. The lowest BCUT2D eigenvalue weighted by atomic mass is 9.74. The Morgan fingerprint density at radius 1 is 1.38 bits per heavy atom. The van der Waals surface area contributed by atoms with E-state index in [0.29, 0.717) is 12.8 Å². The molecule has 2 N–H and O–H groups in total. The molecule has 1 atom stereocenters. The largest absolute Gasteiger partial charge is 0.370 e. The maximum atomic E-state index is 10.9. The van der Waals surface area contributed by atoms with E-state index in [0.717, 1.165) is 0 Å². The highest BCUT2D eigenvalue weighted by atomic mass is 16.1. The van der Waals surface area contributed by atoms with Gasteiger partial charge in [0.05, 0.1) is 0 Å². The number of hydrogen-bond donors (Lipinski definition) is 1. The number of amides is 1. The number of carbonyl (C=O) groups excluding carboxylic acids is 2. The summed E-state index contributed by atoms with van der Waals surface area (Å²) in [4.78, 5) is 21.6. The Kier molecular flexibility index (Phi) is 4.11. The molecule has 0 aliphatic rings. The molecule has 3 heteroatoms. The summed E-state index contributed by atoms with van der Waals surface area (Å²) >= 11 is 0. The van der Waals surface area contributed by atoms with Crippen molar-refractivity contribution in [3.8, 4) is 0 Å². The first-order valence-electron chi connectivity index (χ1n) is 4.53. The lowest BCUT2D eigenvalue weighted by molar-refractivity contribution is -0.122. The smallest absolute Gasteiger partial charge is 0.217 e. The number of rotatable bonds is 5. The van der Waals surface area contributed by atoms with E-state index in [4.69, 9.17) is 5.73 Å². The molecule has 0 saturated heterocycles. The first kappa shape index (κ1) is 12.1. The maximum absolute atomic E-state index is 10.9. The molecule has 13 heavy (non-hydrogen) atoms. The quantitative estimate of drug-likeness (QED) is 0.705. The first-order valence-corrected chi connectivity index (χ1v) is 4.53. The van der Waals surface area contributed by atoms with Crippen LogP contribution < -0.4 is 5.73 Å². The van der Waals surface area contributed by atoms with Crippen LogP contribution in [-0.4, -0.2) is 11.7 Å². The first-order chi connectivity index (χ1) is 5.75. The zero-order chi connectivity index (χ0) is 10.6. The van der Waals surface area contributed by atoms with Gasteiger partial charge < -0.3 is 10.5 Å². The standard InChI is InChI=1S/C10H19NO2/c1-7(5-9(11)13)10(3,4)6-8(2)12/h7H,5-6H2,1-4H3,(H2,11,13). The van der Waals surface area contributed by atoms with Crippen LogP contribution in [-0.2, 0) is 9.59 Å². The van der Waals surface area contributed by atoms with Gasteiger partial charge in [0.2, 0.25) is 5.91 Å². The summed E-state index contributed by atoms with van der Waals surface area (Å²) in [6.45, 7) is 7.50. The molecule has 0 aliphatic carbocycles. The maximum Gasteiger partial charge on any atom is 0.217 e. The summed E-state index contributed by atoms with van der Waals surface area (Å²) in [5, 5.41) is 0. The molecule has 0 radical (unpaired) electrons. The van der Waals surface area contributed by atoms with E-state index in [-0.39, 0.29) is 23.0 Å². The molecule has 0 aliphatic heterocycles. The van der Waals surface area contributed by atoms with Crippen molar-refractivity contribution in [3.05, 3.63) is 0 Å². The van der Waals surface area contributed by atoms with E-state index in [2.05, 4.69) is 0 Å². The molecule has 0 spiro atoms. The van der Waals surface area contributed by atoms with Crippen molar-refractivity contribution >= 4 is 11.7 Å². The van der Waals surface area contributed by atoms with Gasteiger partial charge >= 0.3 is 0 Å². The average Bonchev–Trinajstić information content (AvgIpc) is 1.81. The molecule has 0 aromatic carbocycles. The molecule has 3 nitrogen and oxygen atoms in total. The van der Waals surface area contributed by atoms with Crippen molar-refractivity contribution < 1.29 is 9.59 Å². The van der Waals surface area contributed by atoms with Gasteiger partial charge in [-0.05, 0) is 18.3 Å². The van der Waals surface area contributed by atoms with E-state index in [1.54, 1.807) is 6.92 Å². The Morgan fingerprint density at radius 3 is 2.15 bits per heavy atom. The lowest BCUT2D eigenvalue weighted by Crippen LogP contribution is -2.28. The van der Waals surface area contributed by atoms with Gasteiger partial charge in [0.25, 0.3) is 0 Å². The number of ketones is 1. The fraction of sp³-hybridized carbons (Fsp3) is 0.800. The van der Waals surface area contributed by atoms with Crippen molar-refractivity contribution in [2.24, 2.45) is 17.1 Å². The van der Waals surface area contributed by atoms with Crippen LogP contribution in [0.4, 0.5) is 0 Å². The number of nitrogens with two attached hydrogens (primary N) is 1. The summed E-state index contributed by atoms with van der Waals surface area (Å²) in [5.41, 5.74) is 4.96. The summed E-state index contributed by atoms with van der Waals surface area (Å²) in [6, 6.07) is 0. The Bertz CT molecular complexity index is 209. The van der Waals surface area contributed by atoms with Crippen LogP contribution in [0.3, 0.4) is 0 Å². The van der Waals surface area contributed by atoms with Crippen LogP contribution in [0.25, 0.3) is 0 Å². The van der Waals surface area contributed by atoms with Crippen LogP contribution in [0.5, 0.6) is 0 Å². The summed E-state index contributed by atoms with van der Waals surface area (Å²) < 4.78 is 0. The van der Waals surface area contributed by atoms with Gasteiger partial charge in [-0.25, -0.2) is 0 Å². The topological polar surface area (TPSA) is 60.2 Å². The van der Waals surface area contributed by atoms with Gasteiger partial charge in [-0.3, -0.25) is 4.79 Å².